The average Bonchev–Trinajstić information content (AvgIpc) is 2.78. The molecule has 7 heteroatoms. The summed E-state index contributed by atoms with van der Waals surface area (Å²) in [7, 11) is 3.18. The molecule has 1 heterocycles. The van der Waals surface area contributed by atoms with Crippen LogP contribution in [0.25, 0.3) is 0 Å². The summed E-state index contributed by atoms with van der Waals surface area (Å²) in [6.45, 7) is 0.508. The van der Waals surface area contributed by atoms with Gasteiger partial charge in [0.15, 0.2) is 11.5 Å². The third-order valence-corrected chi connectivity index (χ3v) is 4.22. The molecule has 0 aliphatic carbocycles. The van der Waals surface area contributed by atoms with Crippen LogP contribution in [0.4, 0.5) is 11.5 Å². The molecule has 0 bridgehead atoms. The molecule has 0 saturated heterocycles. The lowest BCUT2D eigenvalue weighted by atomic mass is 10.2. The first-order valence-corrected chi connectivity index (χ1v) is 8.85. The molecule has 7 nitrogen and oxygen atoms in total. The first-order chi connectivity index (χ1) is 14.1. The van der Waals surface area contributed by atoms with E-state index in [4.69, 9.17) is 14.7 Å². The fourth-order valence-electron chi connectivity index (χ4n) is 2.68. The Morgan fingerprint density at radius 1 is 1.03 bits per heavy atom. The van der Waals surface area contributed by atoms with Gasteiger partial charge in [0.2, 0.25) is 0 Å². The van der Waals surface area contributed by atoms with Gasteiger partial charge in [0.25, 0.3) is 5.91 Å². The number of pyridine rings is 1. The summed E-state index contributed by atoms with van der Waals surface area (Å²) in [4.78, 5) is 16.7. The molecule has 29 heavy (non-hydrogen) atoms. The fraction of sp³-hybridized carbons (Fsp3) is 0.136. The Balaban J connectivity index is 1.66. The summed E-state index contributed by atoms with van der Waals surface area (Å²) in [6.07, 6.45) is 1.57. The number of benzene rings is 2. The van der Waals surface area contributed by atoms with Crippen LogP contribution in [0.1, 0.15) is 21.5 Å². The van der Waals surface area contributed by atoms with Gasteiger partial charge in [-0.05, 0) is 54.1 Å². The number of hydrogen-bond donors (Lipinski definition) is 2. The number of nitrogens with zero attached hydrogens (tertiary/aromatic N) is 2. The van der Waals surface area contributed by atoms with E-state index in [2.05, 4.69) is 15.6 Å². The van der Waals surface area contributed by atoms with Crippen LogP contribution in [0.3, 0.4) is 0 Å². The smallest absolute Gasteiger partial charge is 0.255 e. The molecule has 0 aliphatic heterocycles. The third-order valence-electron chi connectivity index (χ3n) is 4.22. The van der Waals surface area contributed by atoms with Crippen molar-refractivity contribution in [3.05, 3.63) is 77.5 Å². The zero-order valence-corrected chi connectivity index (χ0v) is 16.1. The highest BCUT2D eigenvalue weighted by atomic mass is 16.5. The van der Waals surface area contributed by atoms with Crippen molar-refractivity contribution in [3.8, 4) is 17.6 Å². The minimum atomic E-state index is -0.258. The topological polar surface area (TPSA) is 96.3 Å². The molecule has 2 N–H and O–H groups in total. The van der Waals surface area contributed by atoms with Crippen molar-refractivity contribution in [1.29, 1.82) is 5.26 Å². The number of carbonyl (C=O) groups excluding carboxylic acids is 1. The van der Waals surface area contributed by atoms with E-state index in [-0.39, 0.29) is 5.91 Å². The summed E-state index contributed by atoms with van der Waals surface area (Å²) >= 11 is 0. The van der Waals surface area contributed by atoms with Crippen molar-refractivity contribution >= 4 is 17.4 Å². The van der Waals surface area contributed by atoms with Crippen molar-refractivity contribution in [2.75, 3.05) is 24.9 Å². The zero-order chi connectivity index (χ0) is 20.6. The maximum absolute atomic E-state index is 12.5. The maximum Gasteiger partial charge on any atom is 0.255 e. The van der Waals surface area contributed by atoms with E-state index in [0.29, 0.717) is 40.7 Å². The summed E-state index contributed by atoms with van der Waals surface area (Å²) in [5.41, 5.74) is 2.61. The fourth-order valence-corrected chi connectivity index (χ4v) is 2.68. The summed E-state index contributed by atoms with van der Waals surface area (Å²) < 4.78 is 10.6. The van der Waals surface area contributed by atoms with E-state index in [0.717, 1.165) is 5.56 Å². The van der Waals surface area contributed by atoms with Gasteiger partial charge in [-0.25, -0.2) is 4.98 Å². The predicted molar refractivity (Wildman–Crippen MR) is 110 cm³/mol. The highest BCUT2D eigenvalue weighted by Gasteiger charge is 2.09. The number of hydrogen-bond acceptors (Lipinski definition) is 6. The first kappa shape index (κ1) is 19.7. The van der Waals surface area contributed by atoms with Gasteiger partial charge in [-0.1, -0.05) is 6.07 Å². The molecule has 1 amide bonds. The molecule has 1 aromatic heterocycles. The first-order valence-electron chi connectivity index (χ1n) is 8.85. The Kier molecular flexibility index (Phi) is 6.28. The van der Waals surface area contributed by atoms with Crippen LogP contribution in [0.15, 0.2) is 60.8 Å². The van der Waals surface area contributed by atoms with Gasteiger partial charge < -0.3 is 20.1 Å². The van der Waals surface area contributed by atoms with Gasteiger partial charge in [-0.3, -0.25) is 4.79 Å². The molecular formula is C22H20N4O3. The quantitative estimate of drug-likeness (QED) is 0.638. The molecule has 0 spiro atoms. The summed E-state index contributed by atoms with van der Waals surface area (Å²) in [6, 6.07) is 17.7. The molecular weight excluding hydrogens is 368 g/mol. The molecule has 3 aromatic rings. The normalized spacial score (nSPS) is 9.97. The molecule has 2 aromatic carbocycles. The number of rotatable bonds is 7. The van der Waals surface area contributed by atoms with Crippen LogP contribution in [-0.4, -0.2) is 25.1 Å². The van der Waals surface area contributed by atoms with Crippen molar-refractivity contribution < 1.29 is 14.3 Å². The minimum absolute atomic E-state index is 0.258. The number of nitrogens with one attached hydrogen (secondary N) is 2. The maximum atomic E-state index is 12.5. The Morgan fingerprint density at radius 3 is 2.48 bits per heavy atom. The lowest BCUT2D eigenvalue weighted by Gasteiger charge is -2.11. The number of carbonyl (C=O) groups is 1. The van der Waals surface area contributed by atoms with Crippen molar-refractivity contribution in [2.45, 2.75) is 6.54 Å². The lowest BCUT2D eigenvalue weighted by molar-refractivity contribution is 0.102. The second-order valence-corrected chi connectivity index (χ2v) is 6.12. The van der Waals surface area contributed by atoms with E-state index in [9.17, 15) is 4.79 Å². The molecule has 0 radical (unpaired) electrons. The molecule has 0 atom stereocenters. The van der Waals surface area contributed by atoms with Gasteiger partial charge in [0.05, 0.1) is 25.9 Å². The van der Waals surface area contributed by atoms with E-state index < -0.39 is 0 Å². The Bertz CT molecular complexity index is 1040. The molecule has 0 aliphatic rings. The number of methoxy groups -OCH3 is 2. The lowest BCUT2D eigenvalue weighted by Crippen LogP contribution is -2.12. The second-order valence-electron chi connectivity index (χ2n) is 6.12. The SMILES string of the molecule is COc1ccc(CNc2cc(C(=O)Nc3ccc(C#N)cc3)ccn2)cc1OC. The zero-order valence-electron chi connectivity index (χ0n) is 16.1. The van der Waals surface area contributed by atoms with Crippen LogP contribution >= 0.6 is 0 Å². The van der Waals surface area contributed by atoms with Crippen LogP contribution in [0.2, 0.25) is 0 Å². The molecule has 146 valence electrons. The van der Waals surface area contributed by atoms with E-state index >= 15 is 0 Å². The average molecular weight is 388 g/mol. The van der Waals surface area contributed by atoms with Gasteiger partial charge in [-0.2, -0.15) is 5.26 Å². The molecule has 0 unspecified atom stereocenters. The standard InChI is InChI=1S/C22H20N4O3/c1-28-19-8-5-16(11-20(19)29-2)14-25-21-12-17(9-10-24-21)22(27)26-18-6-3-15(13-23)4-7-18/h3-12H,14H2,1-2H3,(H,24,25)(H,26,27). The van der Waals surface area contributed by atoms with Gasteiger partial charge in [0.1, 0.15) is 5.82 Å². The number of anilines is 2. The van der Waals surface area contributed by atoms with Gasteiger partial charge >= 0.3 is 0 Å². The Morgan fingerprint density at radius 2 is 1.79 bits per heavy atom. The number of aromatic nitrogens is 1. The van der Waals surface area contributed by atoms with Crippen molar-refractivity contribution in [3.63, 3.8) is 0 Å². The Labute approximate surface area is 168 Å². The van der Waals surface area contributed by atoms with E-state index in [1.54, 1.807) is 56.8 Å². The van der Waals surface area contributed by atoms with Gasteiger partial charge in [-0.15, -0.1) is 0 Å². The third kappa shape index (κ3) is 5.02. The van der Waals surface area contributed by atoms with E-state index in [1.165, 1.54) is 0 Å². The van der Waals surface area contributed by atoms with Gasteiger partial charge in [0, 0.05) is 24.0 Å². The van der Waals surface area contributed by atoms with Crippen LogP contribution in [0.5, 0.6) is 11.5 Å². The largest absolute Gasteiger partial charge is 0.493 e. The number of amides is 1. The molecule has 3 rings (SSSR count). The van der Waals surface area contributed by atoms with E-state index in [1.807, 2.05) is 24.3 Å². The summed E-state index contributed by atoms with van der Waals surface area (Å²) in [5.74, 6) is 1.63. The highest BCUT2D eigenvalue weighted by Crippen LogP contribution is 2.27. The predicted octanol–water partition coefficient (Wildman–Crippen LogP) is 3.83. The number of nitriles is 1. The van der Waals surface area contributed by atoms with Crippen LogP contribution in [0, 0.1) is 11.3 Å². The van der Waals surface area contributed by atoms with Crippen molar-refractivity contribution in [1.82, 2.24) is 4.98 Å². The summed E-state index contributed by atoms with van der Waals surface area (Å²) in [5, 5.41) is 14.8. The molecule has 0 saturated carbocycles. The number of ether oxygens (including phenoxy) is 2. The van der Waals surface area contributed by atoms with Crippen LogP contribution < -0.4 is 20.1 Å². The Hall–Kier alpha value is -4.05. The highest BCUT2D eigenvalue weighted by molar-refractivity contribution is 6.04. The monoisotopic (exact) mass is 388 g/mol. The minimum Gasteiger partial charge on any atom is -0.493 e. The second kappa shape index (κ2) is 9.24. The van der Waals surface area contributed by atoms with Crippen molar-refractivity contribution in [2.24, 2.45) is 0 Å². The molecule has 0 fully saturated rings. The van der Waals surface area contributed by atoms with Crippen LogP contribution in [-0.2, 0) is 6.54 Å².